The fourth-order valence-electron chi connectivity index (χ4n) is 2.91. The van der Waals surface area contributed by atoms with E-state index in [2.05, 4.69) is 39.2 Å². The summed E-state index contributed by atoms with van der Waals surface area (Å²) in [6.07, 6.45) is 0.973. The Morgan fingerprint density at radius 1 is 1.32 bits per heavy atom. The van der Waals surface area contributed by atoms with Gasteiger partial charge in [-0.3, -0.25) is 4.79 Å². The summed E-state index contributed by atoms with van der Waals surface area (Å²) in [5.74, 6) is 0.397. The number of amides is 1. The Morgan fingerprint density at radius 2 is 2.16 bits per heavy atom. The van der Waals surface area contributed by atoms with Crippen LogP contribution in [0.2, 0.25) is 0 Å². The number of hydrogen-bond acceptors (Lipinski definition) is 6. The number of hydrogen-bond donors (Lipinski definition) is 1. The molecule has 1 fully saturated rings. The average Bonchev–Trinajstić information content (AvgIpc) is 3.03. The van der Waals surface area contributed by atoms with Crippen molar-refractivity contribution in [3.63, 3.8) is 0 Å². The predicted molar refractivity (Wildman–Crippen MR) is 96.7 cm³/mol. The molecular weight excluding hydrogens is 338 g/mol. The number of nitrogens with zero attached hydrogens (tertiary/aromatic N) is 4. The van der Waals surface area contributed by atoms with Gasteiger partial charge in [-0.15, -0.1) is 10.2 Å². The quantitative estimate of drug-likeness (QED) is 0.719. The van der Waals surface area contributed by atoms with Crippen molar-refractivity contribution in [1.29, 1.82) is 0 Å². The summed E-state index contributed by atoms with van der Waals surface area (Å²) >= 11 is 1.32. The van der Waals surface area contributed by atoms with E-state index in [0.717, 1.165) is 22.8 Å². The minimum atomic E-state index is 0.0845. The normalized spacial score (nSPS) is 15.2. The molecule has 0 atom stereocenters. The molecule has 1 N–H and O–H groups in total. The van der Waals surface area contributed by atoms with Crippen molar-refractivity contribution < 1.29 is 9.53 Å². The molecule has 25 heavy (non-hydrogen) atoms. The zero-order valence-electron chi connectivity index (χ0n) is 14.0. The Bertz CT molecular complexity index is 920. The van der Waals surface area contributed by atoms with Gasteiger partial charge in [-0.25, -0.2) is 4.98 Å². The standard InChI is InChI=1S/C17H19N5O2S/c1-2-11-3-4-13-12(9-11)15-16(18-13)19-17(21-20-15)25-10-14(23)22-5-7-24-8-6-22/h3-4,9H,2,5-8,10H2,1H3,(H,18,19,21). The number of benzene rings is 1. The number of aryl methyl sites for hydroxylation is 1. The minimum absolute atomic E-state index is 0.0845. The first-order chi connectivity index (χ1) is 12.2. The van der Waals surface area contributed by atoms with Gasteiger partial charge in [0.2, 0.25) is 11.1 Å². The molecule has 0 bridgehead atoms. The topological polar surface area (TPSA) is 84.0 Å². The summed E-state index contributed by atoms with van der Waals surface area (Å²) in [4.78, 5) is 21.8. The highest BCUT2D eigenvalue weighted by Gasteiger charge is 2.18. The molecule has 0 spiro atoms. The summed E-state index contributed by atoms with van der Waals surface area (Å²) in [5, 5.41) is 10.1. The zero-order chi connectivity index (χ0) is 17.2. The average molecular weight is 357 g/mol. The van der Waals surface area contributed by atoms with Gasteiger partial charge in [0, 0.05) is 24.0 Å². The minimum Gasteiger partial charge on any atom is -0.378 e. The molecule has 1 amide bonds. The molecule has 7 nitrogen and oxygen atoms in total. The van der Waals surface area contributed by atoms with E-state index in [0.29, 0.717) is 42.9 Å². The van der Waals surface area contributed by atoms with Crippen molar-refractivity contribution in [2.45, 2.75) is 18.5 Å². The van der Waals surface area contributed by atoms with Crippen molar-refractivity contribution in [2.24, 2.45) is 0 Å². The van der Waals surface area contributed by atoms with Crippen molar-refractivity contribution in [1.82, 2.24) is 25.1 Å². The first kappa shape index (κ1) is 16.3. The molecule has 0 saturated carbocycles. The van der Waals surface area contributed by atoms with Crippen molar-refractivity contribution in [3.8, 4) is 0 Å². The molecule has 3 heterocycles. The second-order valence-corrected chi connectivity index (χ2v) is 6.87. The lowest BCUT2D eigenvalue weighted by atomic mass is 10.1. The Morgan fingerprint density at radius 3 is 2.96 bits per heavy atom. The summed E-state index contributed by atoms with van der Waals surface area (Å²) in [6, 6.07) is 6.27. The Labute approximate surface area is 149 Å². The van der Waals surface area contributed by atoms with Crippen LogP contribution in [0.15, 0.2) is 23.4 Å². The van der Waals surface area contributed by atoms with E-state index < -0.39 is 0 Å². The van der Waals surface area contributed by atoms with Crippen LogP contribution >= 0.6 is 11.8 Å². The second-order valence-electron chi connectivity index (χ2n) is 5.93. The van der Waals surface area contributed by atoms with Gasteiger partial charge in [0.05, 0.1) is 19.0 Å². The number of carbonyl (C=O) groups is 1. The lowest BCUT2D eigenvalue weighted by Gasteiger charge is -2.26. The van der Waals surface area contributed by atoms with Gasteiger partial charge in [-0.1, -0.05) is 24.8 Å². The largest absolute Gasteiger partial charge is 0.378 e. The third-order valence-electron chi connectivity index (χ3n) is 4.36. The van der Waals surface area contributed by atoms with Crippen LogP contribution in [-0.2, 0) is 16.0 Å². The third-order valence-corrected chi connectivity index (χ3v) is 5.18. The van der Waals surface area contributed by atoms with Crippen molar-refractivity contribution in [2.75, 3.05) is 32.1 Å². The predicted octanol–water partition coefficient (Wildman–Crippen LogP) is 2.02. The van der Waals surface area contributed by atoms with E-state index >= 15 is 0 Å². The fraction of sp³-hybridized carbons (Fsp3) is 0.412. The van der Waals surface area contributed by atoms with E-state index in [9.17, 15) is 4.79 Å². The van der Waals surface area contributed by atoms with Crippen LogP contribution in [0.4, 0.5) is 0 Å². The molecule has 1 saturated heterocycles. The summed E-state index contributed by atoms with van der Waals surface area (Å²) in [5.41, 5.74) is 3.74. The summed E-state index contributed by atoms with van der Waals surface area (Å²) < 4.78 is 5.27. The molecule has 2 aromatic heterocycles. The lowest BCUT2D eigenvalue weighted by molar-refractivity contribution is -0.132. The summed E-state index contributed by atoms with van der Waals surface area (Å²) in [6.45, 7) is 4.64. The van der Waals surface area contributed by atoms with Gasteiger partial charge >= 0.3 is 0 Å². The van der Waals surface area contributed by atoms with Gasteiger partial charge in [0.1, 0.15) is 5.52 Å². The van der Waals surface area contributed by atoms with Crippen LogP contribution in [0, 0.1) is 0 Å². The van der Waals surface area contributed by atoms with Crippen LogP contribution in [0.25, 0.3) is 22.1 Å². The fourth-order valence-corrected chi connectivity index (χ4v) is 3.60. The van der Waals surface area contributed by atoms with Crippen LogP contribution in [-0.4, -0.2) is 63.0 Å². The van der Waals surface area contributed by atoms with E-state index in [1.165, 1.54) is 17.3 Å². The van der Waals surface area contributed by atoms with Crippen molar-refractivity contribution >= 4 is 39.7 Å². The first-order valence-electron chi connectivity index (χ1n) is 8.38. The molecule has 130 valence electrons. The number of morpholine rings is 1. The molecule has 1 aliphatic heterocycles. The Hall–Kier alpha value is -2.19. The van der Waals surface area contributed by atoms with Crippen LogP contribution in [0.1, 0.15) is 12.5 Å². The molecule has 0 aliphatic carbocycles. The van der Waals surface area contributed by atoms with Gasteiger partial charge in [0.25, 0.3) is 0 Å². The van der Waals surface area contributed by atoms with E-state index in [-0.39, 0.29) is 5.91 Å². The maximum Gasteiger partial charge on any atom is 0.233 e. The number of aromatic amines is 1. The van der Waals surface area contributed by atoms with E-state index in [1.54, 1.807) is 0 Å². The second kappa shape index (κ2) is 6.97. The Balaban J connectivity index is 1.52. The highest BCUT2D eigenvalue weighted by molar-refractivity contribution is 7.99. The smallest absolute Gasteiger partial charge is 0.233 e. The van der Waals surface area contributed by atoms with E-state index in [4.69, 9.17) is 4.74 Å². The SMILES string of the molecule is CCc1ccc2[nH]c3nc(SCC(=O)N4CCOCC4)nnc3c2c1. The number of aromatic nitrogens is 4. The number of nitrogens with one attached hydrogen (secondary N) is 1. The van der Waals surface area contributed by atoms with Gasteiger partial charge in [-0.2, -0.15) is 0 Å². The monoisotopic (exact) mass is 357 g/mol. The lowest BCUT2D eigenvalue weighted by Crippen LogP contribution is -2.41. The molecule has 1 aliphatic rings. The molecule has 4 rings (SSSR count). The van der Waals surface area contributed by atoms with Crippen LogP contribution in [0.3, 0.4) is 0 Å². The highest BCUT2D eigenvalue weighted by Crippen LogP contribution is 2.25. The van der Waals surface area contributed by atoms with Crippen LogP contribution < -0.4 is 0 Å². The maximum atomic E-state index is 12.2. The molecule has 0 radical (unpaired) electrons. The zero-order valence-corrected chi connectivity index (χ0v) is 14.8. The van der Waals surface area contributed by atoms with E-state index in [1.807, 2.05) is 11.0 Å². The van der Waals surface area contributed by atoms with Gasteiger partial charge < -0.3 is 14.6 Å². The summed E-state index contributed by atoms with van der Waals surface area (Å²) in [7, 11) is 0. The number of rotatable bonds is 4. The molecule has 3 aromatic rings. The number of thioether (sulfide) groups is 1. The number of H-pyrrole nitrogens is 1. The maximum absolute atomic E-state index is 12.2. The molecular formula is C17H19N5O2S. The van der Waals surface area contributed by atoms with Crippen molar-refractivity contribution in [3.05, 3.63) is 23.8 Å². The first-order valence-corrected chi connectivity index (χ1v) is 9.36. The van der Waals surface area contributed by atoms with Gasteiger partial charge in [-0.05, 0) is 24.1 Å². The van der Waals surface area contributed by atoms with Crippen LogP contribution in [0.5, 0.6) is 0 Å². The number of carbonyl (C=O) groups excluding carboxylic acids is 1. The van der Waals surface area contributed by atoms with Gasteiger partial charge in [0.15, 0.2) is 5.65 Å². The number of fused-ring (bicyclic) bond motifs is 3. The Kier molecular flexibility index (Phi) is 4.54. The molecule has 0 unspecified atom stereocenters. The highest BCUT2D eigenvalue weighted by atomic mass is 32.2. The molecule has 1 aromatic carbocycles. The number of ether oxygens (including phenoxy) is 1. The molecule has 8 heteroatoms. The third kappa shape index (κ3) is 3.32.